The van der Waals surface area contributed by atoms with Crippen LogP contribution in [0.2, 0.25) is 0 Å². The third-order valence-electron chi connectivity index (χ3n) is 2.90. The maximum Gasteiger partial charge on any atom is 0.164 e. The number of nitrogens with zero attached hydrogens (tertiary/aromatic N) is 3. The van der Waals surface area contributed by atoms with Gasteiger partial charge >= 0.3 is 0 Å². The van der Waals surface area contributed by atoms with Crippen LogP contribution in [0.4, 0.5) is 0 Å². The van der Waals surface area contributed by atoms with Crippen LogP contribution in [0.5, 0.6) is 0 Å². The summed E-state index contributed by atoms with van der Waals surface area (Å²) in [5, 5.41) is 0. The third kappa shape index (κ3) is 1.77. The molecule has 90 valence electrons. The lowest BCUT2D eigenvalue weighted by Gasteiger charge is -2.07. The number of aryl methyl sites for hydroxylation is 1. The SMILES string of the molecule is Cc1ccc(-n2c(CCl)nc3cccnc32)cc1. The molecule has 0 aliphatic rings. The zero-order valence-corrected chi connectivity index (χ0v) is 10.7. The van der Waals surface area contributed by atoms with Crippen LogP contribution in [0.3, 0.4) is 0 Å². The summed E-state index contributed by atoms with van der Waals surface area (Å²) in [6.45, 7) is 2.07. The summed E-state index contributed by atoms with van der Waals surface area (Å²) in [6.07, 6.45) is 1.77. The highest BCUT2D eigenvalue weighted by atomic mass is 35.5. The Morgan fingerprint density at radius 2 is 1.94 bits per heavy atom. The first-order chi connectivity index (χ1) is 8.79. The number of pyridine rings is 1. The van der Waals surface area contributed by atoms with E-state index in [9.17, 15) is 0 Å². The first kappa shape index (κ1) is 11.2. The number of hydrogen-bond acceptors (Lipinski definition) is 2. The van der Waals surface area contributed by atoms with Gasteiger partial charge in [0.2, 0.25) is 0 Å². The van der Waals surface area contributed by atoms with E-state index in [1.807, 2.05) is 16.7 Å². The molecule has 0 saturated heterocycles. The van der Waals surface area contributed by atoms with Gasteiger partial charge in [-0.15, -0.1) is 11.6 Å². The molecule has 3 rings (SSSR count). The van der Waals surface area contributed by atoms with E-state index in [0.29, 0.717) is 5.88 Å². The molecule has 0 amide bonds. The zero-order valence-electron chi connectivity index (χ0n) is 9.97. The summed E-state index contributed by atoms with van der Waals surface area (Å²) in [4.78, 5) is 8.89. The Labute approximate surface area is 110 Å². The van der Waals surface area contributed by atoms with Crippen molar-refractivity contribution in [3.05, 3.63) is 54.0 Å². The molecule has 3 nitrogen and oxygen atoms in total. The Bertz CT molecular complexity index is 686. The lowest BCUT2D eigenvalue weighted by Crippen LogP contribution is -2.00. The molecule has 0 fully saturated rings. The van der Waals surface area contributed by atoms with Crippen molar-refractivity contribution in [2.75, 3.05) is 0 Å². The minimum Gasteiger partial charge on any atom is -0.280 e. The van der Waals surface area contributed by atoms with Crippen molar-refractivity contribution in [2.45, 2.75) is 12.8 Å². The molecule has 2 aromatic heterocycles. The maximum absolute atomic E-state index is 5.97. The topological polar surface area (TPSA) is 30.7 Å². The van der Waals surface area contributed by atoms with Gasteiger partial charge in [0, 0.05) is 11.9 Å². The zero-order chi connectivity index (χ0) is 12.5. The average molecular weight is 258 g/mol. The van der Waals surface area contributed by atoms with Crippen LogP contribution in [0.1, 0.15) is 11.4 Å². The fourth-order valence-electron chi connectivity index (χ4n) is 2.01. The van der Waals surface area contributed by atoms with Gasteiger partial charge < -0.3 is 0 Å². The predicted octanol–water partition coefficient (Wildman–Crippen LogP) is 3.47. The molecular weight excluding hydrogens is 246 g/mol. The van der Waals surface area contributed by atoms with Gasteiger partial charge in [-0.1, -0.05) is 17.7 Å². The van der Waals surface area contributed by atoms with Crippen LogP contribution in [0.15, 0.2) is 42.6 Å². The number of benzene rings is 1. The molecule has 0 spiro atoms. The highest BCUT2D eigenvalue weighted by molar-refractivity contribution is 6.16. The first-order valence-corrected chi connectivity index (χ1v) is 6.28. The Morgan fingerprint density at radius 1 is 1.17 bits per heavy atom. The van der Waals surface area contributed by atoms with Crippen molar-refractivity contribution < 1.29 is 0 Å². The van der Waals surface area contributed by atoms with Crippen molar-refractivity contribution in [1.82, 2.24) is 14.5 Å². The van der Waals surface area contributed by atoms with E-state index >= 15 is 0 Å². The largest absolute Gasteiger partial charge is 0.280 e. The highest BCUT2D eigenvalue weighted by Gasteiger charge is 2.11. The molecule has 0 aliphatic heterocycles. The van der Waals surface area contributed by atoms with E-state index in [4.69, 9.17) is 11.6 Å². The number of halogens is 1. The van der Waals surface area contributed by atoms with Gasteiger partial charge in [0.15, 0.2) is 5.65 Å². The first-order valence-electron chi connectivity index (χ1n) is 5.75. The van der Waals surface area contributed by atoms with E-state index in [1.54, 1.807) is 6.20 Å². The van der Waals surface area contributed by atoms with Gasteiger partial charge in [-0.25, -0.2) is 9.97 Å². The van der Waals surface area contributed by atoms with Crippen LogP contribution < -0.4 is 0 Å². The average Bonchev–Trinajstić information content (AvgIpc) is 2.78. The van der Waals surface area contributed by atoms with Crippen molar-refractivity contribution in [1.29, 1.82) is 0 Å². The summed E-state index contributed by atoms with van der Waals surface area (Å²) in [5.74, 6) is 1.18. The van der Waals surface area contributed by atoms with Crippen molar-refractivity contribution in [3.63, 3.8) is 0 Å². The van der Waals surface area contributed by atoms with Gasteiger partial charge in [-0.2, -0.15) is 0 Å². The fourth-order valence-corrected chi connectivity index (χ4v) is 2.19. The van der Waals surface area contributed by atoms with E-state index in [1.165, 1.54) is 5.56 Å². The number of aromatic nitrogens is 3. The number of rotatable bonds is 2. The number of fused-ring (bicyclic) bond motifs is 1. The van der Waals surface area contributed by atoms with E-state index in [2.05, 4.69) is 41.2 Å². The van der Waals surface area contributed by atoms with Crippen molar-refractivity contribution in [2.24, 2.45) is 0 Å². The molecule has 1 aromatic carbocycles. The molecule has 18 heavy (non-hydrogen) atoms. The molecule has 2 heterocycles. The Hall–Kier alpha value is -1.87. The molecule has 4 heteroatoms. The van der Waals surface area contributed by atoms with Crippen molar-refractivity contribution >= 4 is 22.8 Å². The summed E-state index contributed by atoms with van der Waals surface area (Å²) in [5.41, 5.74) is 3.98. The fraction of sp³-hybridized carbons (Fsp3) is 0.143. The van der Waals surface area contributed by atoms with Crippen molar-refractivity contribution in [3.8, 4) is 5.69 Å². The lowest BCUT2D eigenvalue weighted by atomic mass is 10.2. The number of hydrogen-bond donors (Lipinski definition) is 0. The molecule has 3 aromatic rings. The van der Waals surface area contributed by atoms with E-state index < -0.39 is 0 Å². The van der Waals surface area contributed by atoms with Crippen LogP contribution in [-0.4, -0.2) is 14.5 Å². The smallest absolute Gasteiger partial charge is 0.164 e. The second-order valence-corrected chi connectivity index (χ2v) is 4.45. The molecule has 0 radical (unpaired) electrons. The minimum atomic E-state index is 0.365. The molecule has 0 atom stereocenters. The third-order valence-corrected chi connectivity index (χ3v) is 3.14. The summed E-state index contributed by atoms with van der Waals surface area (Å²) < 4.78 is 2.00. The predicted molar refractivity (Wildman–Crippen MR) is 73.2 cm³/mol. The summed E-state index contributed by atoms with van der Waals surface area (Å²) in [6, 6.07) is 12.1. The van der Waals surface area contributed by atoms with E-state index in [0.717, 1.165) is 22.7 Å². The molecular formula is C14H12ClN3. The Balaban J connectivity index is 2.29. The van der Waals surface area contributed by atoms with Gasteiger partial charge in [0.25, 0.3) is 0 Å². The molecule has 0 saturated carbocycles. The lowest BCUT2D eigenvalue weighted by molar-refractivity contribution is 0.969. The van der Waals surface area contributed by atoms with Crippen LogP contribution in [-0.2, 0) is 5.88 Å². The highest BCUT2D eigenvalue weighted by Crippen LogP contribution is 2.21. The van der Waals surface area contributed by atoms with Gasteiger partial charge in [0.05, 0.1) is 5.88 Å². The maximum atomic E-state index is 5.97. The second-order valence-electron chi connectivity index (χ2n) is 4.18. The van der Waals surface area contributed by atoms with E-state index in [-0.39, 0.29) is 0 Å². The monoisotopic (exact) mass is 257 g/mol. The number of alkyl halides is 1. The second kappa shape index (κ2) is 4.42. The molecule has 0 aliphatic carbocycles. The van der Waals surface area contributed by atoms with Crippen LogP contribution in [0, 0.1) is 6.92 Å². The summed E-state index contributed by atoms with van der Waals surface area (Å²) in [7, 11) is 0. The normalized spacial score (nSPS) is 11.0. The van der Waals surface area contributed by atoms with Gasteiger partial charge in [0.1, 0.15) is 11.3 Å². The Morgan fingerprint density at radius 3 is 2.67 bits per heavy atom. The minimum absolute atomic E-state index is 0.365. The number of imidazole rings is 1. The molecule has 0 unspecified atom stereocenters. The van der Waals surface area contributed by atoms with Gasteiger partial charge in [-0.3, -0.25) is 4.57 Å². The van der Waals surface area contributed by atoms with Crippen LogP contribution >= 0.6 is 11.6 Å². The molecule has 0 bridgehead atoms. The quantitative estimate of drug-likeness (QED) is 0.658. The Kier molecular flexibility index (Phi) is 2.76. The summed E-state index contributed by atoms with van der Waals surface area (Å²) >= 11 is 5.97. The van der Waals surface area contributed by atoms with Crippen LogP contribution in [0.25, 0.3) is 16.9 Å². The standard InChI is InChI=1S/C14H12ClN3/c1-10-4-6-11(7-5-10)18-13(9-15)17-12-3-2-8-16-14(12)18/h2-8H,9H2,1H3. The van der Waals surface area contributed by atoms with Gasteiger partial charge in [-0.05, 0) is 31.2 Å². The molecule has 0 N–H and O–H groups in total.